The molecular formula is C15H14BrNO. The molecular weight excluding hydrogens is 290 g/mol. The zero-order chi connectivity index (χ0) is 13.0. The molecule has 0 aliphatic carbocycles. The van der Waals surface area contributed by atoms with Crippen LogP contribution in [-0.2, 0) is 0 Å². The first kappa shape index (κ1) is 12.8. The number of benzene rings is 2. The standard InChI is InChI=1S/C15H14BrNO/c1-11(15(18)12-6-3-2-4-7-12)17-14-9-5-8-13(16)10-14/h2-11,17H,1H3. The third-order valence-electron chi connectivity index (χ3n) is 2.66. The lowest BCUT2D eigenvalue weighted by Gasteiger charge is -2.14. The van der Waals surface area contributed by atoms with Gasteiger partial charge in [0.1, 0.15) is 0 Å². The fourth-order valence-corrected chi connectivity index (χ4v) is 2.15. The van der Waals surface area contributed by atoms with Gasteiger partial charge in [0.05, 0.1) is 6.04 Å². The molecule has 0 aliphatic rings. The van der Waals surface area contributed by atoms with Gasteiger partial charge in [-0.05, 0) is 25.1 Å². The van der Waals surface area contributed by atoms with E-state index < -0.39 is 0 Å². The molecule has 0 aliphatic heterocycles. The van der Waals surface area contributed by atoms with E-state index in [1.54, 1.807) is 0 Å². The zero-order valence-corrected chi connectivity index (χ0v) is 11.6. The maximum Gasteiger partial charge on any atom is 0.184 e. The molecule has 0 radical (unpaired) electrons. The Morgan fingerprint density at radius 1 is 1.11 bits per heavy atom. The number of ketones is 1. The van der Waals surface area contributed by atoms with Crippen LogP contribution in [0.4, 0.5) is 5.69 Å². The van der Waals surface area contributed by atoms with E-state index in [2.05, 4.69) is 21.2 Å². The number of carbonyl (C=O) groups excluding carboxylic acids is 1. The molecule has 2 aromatic rings. The van der Waals surface area contributed by atoms with E-state index in [4.69, 9.17) is 0 Å². The summed E-state index contributed by atoms with van der Waals surface area (Å²) in [5.74, 6) is 0.0931. The van der Waals surface area contributed by atoms with Crippen molar-refractivity contribution in [2.75, 3.05) is 5.32 Å². The SMILES string of the molecule is CC(Nc1cccc(Br)c1)C(=O)c1ccccc1. The number of hydrogen-bond acceptors (Lipinski definition) is 2. The summed E-state index contributed by atoms with van der Waals surface area (Å²) >= 11 is 3.41. The molecule has 0 amide bonds. The van der Waals surface area contributed by atoms with Crippen LogP contribution in [-0.4, -0.2) is 11.8 Å². The van der Waals surface area contributed by atoms with Crippen LogP contribution in [0.25, 0.3) is 0 Å². The first-order valence-corrected chi connectivity index (χ1v) is 6.57. The van der Waals surface area contributed by atoms with Crippen LogP contribution in [0.1, 0.15) is 17.3 Å². The summed E-state index contributed by atoms with van der Waals surface area (Å²) in [4.78, 5) is 12.2. The number of rotatable bonds is 4. The average Bonchev–Trinajstić information content (AvgIpc) is 2.39. The summed E-state index contributed by atoms with van der Waals surface area (Å²) in [5.41, 5.74) is 1.66. The van der Waals surface area contributed by atoms with Crippen LogP contribution in [0.2, 0.25) is 0 Å². The van der Waals surface area contributed by atoms with Crippen LogP contribution >= 0.6 is 15.9 Å². The third kappa shape index (κ3) is 3.20. The Balaban J connectivity index is 2.09. The maximum absolute atomic E-state index is 12.2. The van der Waals surface area contributed by atoms with Gasteiger partial charge in [0, 0.05) is 15.7 Å². The van der Waals surface area contributed by atoms with Crippen molar-refractivity contribution in [3.8, 4) is 0 Å². The first-order chi connectivity index (χ1) is 8.66. The molecule has 92 valence electrons. The minimum Gasteiger partial charge on any atom is -0.375 e. The normalized spacial score (nSPS) is 11.9. The quantitative estimate of drug-likeness (QED) is 0.860. The Kier molecular flexibility index (Phi) is 4.15. The minimum absolute atomic E-state index is 0.0931. The topological polar surface area (TPSA) is 29.1 Å². The minimum atomic E-state index is -0.248. The smallest absolute Gasteiger partial charge is 0.184 e. The van der Waals surface area contributed by atoms with E-state index in [1.807, 2.05) is 61.5 Å². The van der Waals surface area contributed by atoms with Crippen molar-refractivity contribution in [3.05, 3.63) is 64.6 Å². The molecule has 2 rings (SSSR count). The van der Waals surface area contributed by atoms with Gasteiger partial charge in [0.2, 0.25) is 0 Å². The van der Waals surface area contributed by atoms with Gasteiger partial charge in [-0.1, -0.05) is 52.3 Å². The predicted molar refractivity (Wildman–Crippen MR) is 78.0 cm³/mol. The highest BCUT2D eigenvalue weighted by atomic mass is 79.9. The maximum atomic E-state index is 12.2. The van der Waals surface area contributed by atoms with Gasteiger partial charge in [0.25, 0.3) is 0 Å². The predicted octanol–water partition coefficient (Wildman–Crippen LogP) is 4.13. The average molecular weight is 304 g/mol. The van der Waals surface area contributed by atoms with Gasteiger partial charge in [-0.25, -0.2) is 0 Å². The molecule has 1 N–H and O–H groups in total. The van der Waals surface area contributed by atoms with E-state index in [1.165, 1.54) is 0 Å². The van der Waals surface area contributed by atoms with Crippen molar-refractivity contribution >= 4 is 27.4 Å². The van der Waals surface area contributed by atoms with Crippen LogP contribution in [0.5, 0.6) is 0 Å². The second kappa shape index (κ2) is 5.83. The molecule has 0 saturated heterocycles. The van der Waals surface area contributed by atoms with Gasteiger partial charge in [-0.2, -0.15) is 0 Å². The summed E-state index contributed by atoms with van der Waals surface area (Å²) in [7, 11) is 0. The molecule has 0 spiro atoms. The monoisotopic (exact) mass is 303 g/mol. The Morgan fingerprint density at radius 2 is 1.83 bits per heavy atom. The molecule has 2 aromatic carbocycles. The first-order valence-electron chi connectivity index (χ1n) is 5.78. The van der Waals surface area contributed by atoms with E-state index in [0.717, 1.165) is 15.7 Å². The Hall–Kier alpha value is -1.61. The summed E-state index contributed by atoms with van der Waals surface area (Å²) in [6.45, 7) is 1.87. The fourth-order valence-electron chi connectivity index (χ4n) is 1.75. The van der Waals surface area contributed by atoms with Crippen LogP contribution in [0.15, 0.2) is 59.1 Å². The van der Waals surface area contributed by atoms with Crippen LogP contribution < -0.4 is 5.32 Å². The van der Waals surface area contributed by atoms with Gasteiger partial charge in [-0.3, -0.25) is 4.79 Å². The van der Waals surface area contributed by atoms with Gasteiger partial charge in [-0.15, -0.1) is 0 Å². The van der Waals surface area contributed by atoms with Gasteiger partial charge < -0.3 is 5.32 Å². The number of halogens is 1. The fraction of sp³-hybridized carbons (Fsp3) is 0.133. The summed E-state index contributed by atoms with van der Waals surface area (Å²) in [6.07, 6.45) is 0. The van der Waals surface area contributed by atoms with E-state index >= 15 is 0 Å². The molecule has 0 heterocycles. The third-order valence-corrected chi connectivity index (χ3v) is 3.15. The number of anilines is 1. The van der Waals surface area contributed by atoms with Crippen molar-refractivity contribution in [1.29, 1.82) is 0 Å². The number of nitrogens with one attached hydrogen (secondary N) is 1. The van der Waals surface area contributed by atoms with E-state index in [0.29, 0.717) is 0 Å². The van der Waals surface area contributed by atoms with Crippen LogP contribution in [0.3, 0.4) is 0 Å². The highest BCUT2D eigenvalue weighted by Gasteiger charge is 2.14. The summed E-state index contributed by atoms with van der Waals surface area (Å²) < 4.78 is 0.992. The molecule has 1 unspecified atom stereocenters. The van der Waals surface area contributed by atoms with Crippen molar-refractivity contribution in [1.82, 2.24) is 0 Å². The largest absolute Gasteiger partial charge is 0.375 e. The second-order valence-electron chi connectivity index (χ2n) is 4.11. The second-order valence-corrected chi connectivity index (χ2v) is 5.02. The molecule has 18 heavy (non-hydrogen) atoms. The highest BCUT2D eigenvalue weighted by Crippen LogP contribution is 2.17. The molecule has 0 fully saturated rings. The molecule has 3 heteroatoms. The number of carbonyl (C=O) groups is 1. The van der Waals surface area contributed by atoms with E-state index in [-0.39, 0.29) is 11.8 Å². The highest BCUT2D eigenvalue weighted by molar-refractivity contribution is 9.10. The lowest BCUT2D eigenvalue weighted by Crippen LogP contribution is -2.26. The Labute approximate surface area is 115 Å². The Bertz CT molecular complexity index is 539. The van der Waals surface area contributed by atoms with Gasteiger partial charge >= 0.3 is 0 Å². The number of hydrogen-bond donors (Lipinski definition) is 1. The molecule has 0 bridgehead atoms. The van der Waals surface area contributed by atoms with Crippen molar-refractivity contribution < 1.29 is 4.79 Å². The van der Waals surface area contributed by atoms with Gasteiger partial charge in [0.15, 0.2) is 5.78 Å². The molecule has 2 nitrogen and oxygen atoms in total. The molecule has 0 saturated carbocycles. The zero-order valence-electron chi connectivity index (χ0n) is 10.1. The molecule has 0 aromatic heterocycles. The molecule has 1 atom stereocenters. The summed E-state index contributed by atoms with van der Waals surface area (Å²) in [6, 6.07) is 16.9. The van der Waals surface area contributed by atoms with Crippen molar-refractivity contribution in [3.63, 3.8) is 0 Å². The summed E-state index contributed by atoms with van der Waals surface area (Å²) in [5, 5.41) is 3.20. The lowest BCUT2D eigenvalue weighted by atomic mass is 10.1. The number of Topliss-reactive ketones (excluding diaryl/α,β-unsaturated/α-hetero) is 1. The van der Waals surface area contributed by atoms with E-state index in [9.17, 15) is 4.79 Å². The van der Waals surface area contributed by atoms with Crippen LogP contribution in [0, 0.1) is 0 Å². The lowest BCUT2D eigenvalue weighted by molar-refractivity contribution is 0.0975. The Morgan fingerprint density at radius 3 is 2.50 bits per heavy atom. The van der Waals surface area contributed by atoms with Crippen molar-refractivity contribution in [2.24, 2.45) is 0 Å². The van der Waals surface area contributed by atoms with Crippen molar-refractivity contribution in [2.45, 2.75) is 13.0 Å².